The molecule has 0 unspecified atom stereocenters. The topological polar surface area (TPSA) is 21.3 Å². The molecule has 1 aromatic rings. The van der Waals surface area contributed by atoms with Gasteiger partial charge in [-0.15, -0.1) is 0 Å². The molecule has 0 bridgehead atoms. The van der Waals surface area contributed by atoms with E-state index in [1.807, 2.05) is 18.2 Å². The molecule has 19 heavy (non-hydrogen) atoms. The van der Waals surface area contributed by atoms with Crippen LogP contribution >= 0.6 is 11.6 Å². The molecule has 0 radical (unpaired) electrons. The molecular weight excluding hydrogens is 258 g/mol. The van der Waals surface area contributed by atoms with Gasteiger partial charge in [-0.25, -0.2) is 0 Å². The van der Waals surface area contributed by atoms with Crippen LogP contribution in [0.1, 0.15) is 45.1 Å². The predicted octanol–water partition coefficient (Wildman–Crippen LogP) is 4.41. The molecule has 2 rings (SSSR count). The molecule has 2 nitrogen and oxygen atoms in total. The van der Waals surface area contributed by atoms with E-state index in [2.05, 4.69) is 19.2 Å². The van der Waals surface area contributed by atoms with Crippen molar-refractivity contribution in [3.63, 3.8) is 0 Å². The number of nitrogens with one attached hydrogen (secondary N) is 1. The van der Waals surface area contributed by atoms with Crippen LogP contribution in [-0.2, 0) is 6.54 Å². The SMILES string of the molecule is CC(C)CCCOc1ccc(Cl)cc1CNC1CC1. The Labute approximate surface area is 121 Å². The summed E-state index contributed by atoms with van der Waals surface area (Å²) in [6.07, 6.45) is 4.91. The first kappa shape index (κ1) is 14.7. The zero-order valence-corrected chi connectivity index (χ0v) is 12.7. The van der Waals surface area contributed by atoms with E-state index in [4.69, 9.17) is 16.3 Å². The molecule has 0 aromatic heterocycles. The largest absolute Gasteiger partial charge is 0.493 e. The van der Waals surface area contributed by atoms with Crippen molar-refractivity contribution in [2.24, 2.45) is 5.92 Å². The summed E-state index contributed by atoms with van der Waals surface area (Å²) in [6.45, 7) is 6.13. The molecule has 0 spiro atoms. The zero-order valence-electron chi connectivity index (χ0n) is 11.9. The van der Waals surface area contributed by atoms with Gasteiger partial charge in [0, 0.05) is 23.2 Å². The lowest BCUT2D eigenvalue weighted by Crippen LogP contribution is -2.16. The number of ether oxygens (including phenoxy) is 1. The van der Waals surface area contributed by atoms with Gasteiger partial charge >= 0.3 is 0 Å². The molecule has 1 N–H and O–H groups in total. The van der Waals surface area contributed by atoms with E-state index in [9.17, 15) is 0 Å². The molecule has 0 aliphatic heterocycles. The maximum absolute atomic E-state index is 6.07. The highest BCUT2D eigenvalue weighted by molar-refractivity contribution is 6.30. The van der Waals surface area contributed by atoms with Gasteiger partial charge in [0.15, 0.2) is 0 Å². The van der Waals surface area contributed by atoms with Crippen LogP contribution in [-0.4, -0.2) is 12.6 Å². The highest BCUT2D eigenvalue weighted by Gasteiger charge is 2.20. The van der Waals surface area contributed by atoms with Gasteiger partial charge in [0.2, 0.25) is 0 Å². The van der Waals surface area contributed by atoms with E-state index >= 15 is 0 Å². The molecule has 1 saturated carbocycles. The third kappa shape index (κ3) is 5.42. The Bertz CT molecular complexity index is 402. The Balaban J connectivity index is 1.85. The fourth-order valence-electron chi connectivity index (χ4n) is 2.04. The van der Waals surface area contributed by atoms with Gasteiger partial charge in [-0.2, -0.15) is 0 Å². The molecule has 0 saturated heterocycles. The van der Waals surface area contributed by atoms with Crippen molar-refractivity contribution in [1.82, 2.24) is 5.32 Å². The average molecular weight is 282 g/mol. The predicted molar refractivity (Wildman–Crippen MR) is 80.9 cm³/mol. The molecule has 0 amide bonds. The van der Waals surface area contributed by atoms with E-state index < -0.39 is 0 Å². The van der Waals surface area contributed by atoms with Gasteiger partial charge in [-0.3, -0.25) is 0 Å². The summed E-state index contributed by atoms with van der Waals surface area (Å²) in [7, 11) is 0. The van der Waals surface area contributed by atoms with Crippen LogP contribution < -0.4 is 10.1 Å². The van der Waals surface area contributed by atoms with Crippen molar-refractivity contribution in [2.75, 3.05) is 6.61 Å². The fourth-order valence-corrected chi connectivity index (χ4v) is 2.24. The van der Waals surface area contributed by atoms with Crippen LogP contribution in [0.15, 0.2) is 18.2 Å². The minimum absolute atomic E-state index is 0.702. The number of hydrogen-bond acceptors (Lipinski definition) is 2. The first-order chi connectivity index (χ1) is 9.15. The number of hydrogen-bond donors (Lipinski definition) is 1. The maximum atomic E-state index is 6.07. The second-order valence-corrected chi connectivity index (χ2v) is 6.23. The summed E-state index contributed by atoms with van der Waals surface area (Å²) in [5.74, 6) is 1.71. The van der Waals surface area contributed by atoms with Crippen molar-refractivity contribution in [1.29, 1.82) is 0 Å². The zero-order chi connectivity index (χ0) is 13.7. The van der Waals surface area contributed by atoms with Gasteiger partial charge in [0.1, 0.15) is 5.75 Å². The van der Waals surface area contributed by atoms with Crippen LogP contribution in [0.25, 0.3) is 0 Å². The summed E-state index contributed by atoms with van der Waals surface area (Å²) in [4.78, 5) is 0. The van der Waals surface area contributed by atoms with Crippen LogP contribution in [0.5, 0.6) is 5.75 Å². The number of halogens is 1. The lowest BCUT2D eigenvalue weighted by Gasteiger charge is -2.13. The lowest BCUT2D eigenvalue weighted by molar-refractivity contribution is 0.294. The standard InChI is InChI=1S/C16H24ClNO/c1-12(2)4-3-9-19-16-8-5-14(17)10-13(16)11-18-15-6-7-15/h5,8,10,12,15,18H,3-4,6-7,9,11H2,1-2H3. The Morgan fingerprint density at radius 1 is 1.37 bits per heavy atom. The van der Waals surface area contributed by atoms with Gasteiger partial charge in [-0.1, -0.05) is 25.4 Å². The Kier molecular flexibility index (Phi) is 5.53. The van der Waals surface area contributed by atoms with E-state index in [0.29, 0.717) is 6.04 Å². The van der Waals surface area contributed by atoms with Gasteiger partial charge in [0.25, 0.3) is 0 Å². The van der Waals surface area contributed by atoms with Gasteiger partial charge in [0.05, 0.1) is 6.61 Å². The van der Waals surface area contributed by atoms with E-state index in [1.54, 1.807) is 0 Å². The quantitative estimate of drug-likeness (QED) is 0.713. The summed E-state index contributed by atoms with van der Waals surface area (Å²) < 4.78 is 5.90. The van der Waals surface area contributed by atoms with Crippen molar-refractivity contribution in [3.05, 3.63) is 28.8 Å². The number of rotatable bonds is 8. The van der Waals surface area contributed by atoms with Crippen molar-refractivity contribution in [3.8, 4) is 5.75 Å². The van der Waals surface area contributed by atoms with Gasteiger partial charge < -0.3 is 10.1 Å². The van der Waals surface area contributed by atoms with Gasteiger partial charge in [-0.05, 0) is 49.8 Å². The second kappa shape index (κ2) is 7.16. The highest BCUT2D eigenvalue weighted by atomic mass is 35.5. The minimum atomic E-state index is 0.702. The molecular formula is C16H24ClNO. The summed E-state index contributed by atoms with van der Waals surface area (Å²) >= 11 is 6.07. The third-order valence-corrected chi connectivity index (χ3v) is 3.60. The molecule has 1 aliphatic carbocycles. The molecule has 3 heteroatoms. The van der Waals surface area contributed by atoms with Crippen LogP contribution in [0, 0.1) is 5.92 Å². The molecule has 0 atom stereocenters. The molecule has 1 aliphatic rings. The van der Waals surface area contributed by atoms with E-state index in [0.717, 1.165) is 36.3 Å². The molecule has 0 heterocycles. The van der Waals surface area contributed by atoms with Crippen LogP contribution in [0.4, 0.5) is 0 Å². The number of benzene rings is 1. The highest BCUT2D eigenvalue weighted by Crippen LogP contribution is 2.25. The first-order valence-corrected chi connectivity index (χ1v) is 7.67. The van der Waals surface area contributed by atoms with Crippen LogP contribution in [0.2, 0.25) is 5.02 Å². The lowest BCUT2D eigenvalue weighted by atomic mass is 10.1. The van der Waals surface area contributed by atoms with E-state index in [-0.39, 0.29) is 0 Å². The monoisotopic (exact) mass is 281 g/mol. The summed E-state index contributed by atoms with van der Waals surface area (Å²) in [5.41, 5.74) is 1.17. The molecule has 106 valence electrons. The van der Waals surface area contributed by atoms with Crippen molar-refractivity contribution >= 4 is 11.6 Å². The Morgan fingerprint density at radius 2 is 2.16 bits per heavy atom. The smallest absolute Gasteiger partial charge is 0.123 e. The van der Waals surface area contributed by atoms with Crippen molar-refractivity contribution < 1.29 is 4.74 Å². The summed E-state index contributed by atoms with van der Waals surface area (Å²) in [6, 6.07) is 6.60. The Hall–Kier alpha value is -0.730. The van der Waals surface area contributed by atoms with Crippen LogP contribution in [0.3, 0.4) is 0 Å². The average Bonchev–Trinajstić information content (AvgIpc) is 3.17. The van der Waals surface area contributed by atoms with Crippen molar-refractivity contribution in [2.45, 2.75) is 52.1 Å². The normalized spacial score (nSPS) is 14.9. The summed E-state index contributed by atoms with van der Waals surface area (Å²) in [5, 5.41) is 4.29. The second-order valence-electron chi connectivity index (χ2n) is 5.79. The molecule has 1 fully saturated rings. The maximum Gasteiger partial charge on any atom is 0.123 e. The fraction of sp³-hybridized carbons (Fsp3) is 0.625. The Morgan fingerprint density at radius 3 is 2.84 bits per heavy atom. The third-order valence-electron chi connectivity index (χ3n) is 3.36. The first-order valence-electron chi connectivity index (χ1n) is 7.30. The van der Waals surface area contributed by atoms with E-state index in [1.165, 1.54) is 24.8 Å². The minimum Gasteiger partial charge on any atom is -0.493 e. The molecule has 1 aromatic carbocycles.